The number of para-hydroxylation sites is 2. The lowest BCUT2D eigenvalue weighted by atomic mass is 9.95. The van der Waals surface area contributed by atoms with Gasteiger partial charge in [0.05, 0.1) is 19.1 Å². The Hall–Kier alpha value is -2.86. The number of hydrogen-bond acceptors (Lipinski definition) is 4. The standard InChI is InChI=1S/C23H29N3O3/c1-17(22(27)24-15-18-9-6-7-13-21(18)29-2)26-14-8-10-19(16-26)23(28)25-20-11-4-3-5-12-20/h3-7,9,11-13,17,19H,8,10,14-16H2,1-2H3,(H,24,27)(H,25,28)/t17-,19-/m1/s1. The van der Waals surface area contributed by atoms with Crippen molar-refractivity contribution in [3.05, 3.63) is 60.2 Å². The Morgan fingerprint density at radius 1 is 1.14 bits per heavy atom. The number of likely N-dealkylation sites (tertiary alicyclic amines) is 1. The second-order valence-corrected chi connectivity index (χ2v) is 7.39. The van der Waals surface area contributed by atoms with Gasteiger partial charge in [0, 0.05) is 24.3 Å². The minimum atomic E-state index is -0.294. The molecule has 1 aliphatic rings. The lowest BCUT2D eigenvalue weighted by Crippen LogP contribution is -2.50. The number of anilines is 1. The van der Waals surface area contributed by atoms with Gasteiger partial charge in [-0.1, -0.05) is 36.4 Å². The van der Waals surface area contributed by atoms with Gasteiger partial charge in [-0.25, -0.2) is 0 Å². The summed E-state index contributed by atoms with van der Waals surface area (Å²) in [5.74, 6) is 0.618. The maximum Gasteiger partial charge on any atom is 0.237 e. The van der Waals surface area contributed by atoms with Crippen LogP contribution in [-0.4, -0.2) is 43.0 Å². The zero-order chi connectivity index (χ0) is 20.6. The summed E-state index contributed by atoms with van der Waals surface area (Å²) >= 11 is 0. The molecule has 0 spiro atoms. The van der Waals surface area contributed by atoms with Crippen molar-refractivity contribution in [3.8, 4) is 5.75 Å². The van der Waals surface area contributed by atoms with Crippen molar-refractivity contribution in [3.63, 3.8) is 0 Å². The van der Waals surface area contributed by atoms with Crippen molar-refractivity contribution in [2.75, 3.05) is 25.5 Å². The molecule has 1 saturated heterocycles. The van der Waals surface area contributed by atoms with Gasteiger partial charge in [-0.3, -0.25) is 14.5 Å². The summed E-state index contributed by atoms with van der Waals surface area (Å²) in [7, 11) is 1.62. The molecule has 0 saturated carbocycles. The van der Waals surface area contributed by atoms with Crippen molar-refractivity contribution in [1.29, 1.82) is 0 Å². The molecule has 6 nitrogen and oxygen atoms in total. The largest absolute Gasteiger partial charge is 0.496 e. The van der Waals surface area contributed by atoms with Crippen LogP contribution in [0.15, 0.2) is 54.6 Å². The fourth-order valence-corrected chi connectivity index (χ4v) is 3.68. The van der Waals surface area contributed by atoms with E-state index in [0.717, 1.165) is 36.4 Å². The predicted molar refractivity (Wildman–Crippen MR) is 114 cm³/mol. The van der Waals surface area contributed by atoms with Gasteiger partial charge in [-0.2, -0.15) is 0 Å². The molecule has 154 valence electrons. The van der Waals surface area contributed by atoms with Crippen LogP contribution >= 0.6 is 0 Å². The highest BCUT2D eigenvalue weighted by Gasteiger charge is 2.30. The number of methoxy groups -OCH3 is 1. The molecule has 2 aromatic carbocycles. The van der Waals surface area contributed by atoms with Gasteiger partial charge in [0.2, 0.25) is 11.8 Å². The second kappa shape index (κ2) is 10.1. The third kappa shape index (κ3) is 5.57. The maximum absolute atomic E-state index is 12.7. The van der Waals surface area contributed by atoms with Crippen molar-refractivity contribution in [2.24, 2.45) is 5.92 Å². The van der Waals surface area contributed by atoms with Gasteiger partial charge in [0.25, 0.3) is 0 Å². The maximum atomic E-state index is 12.7. The summed E-state index contributed by atoms with van der Waals surface area (Å²) in [4.78, 5) is 27.4. The molecule has 6 heteroatoms. The number of carbonyl (C=O) groups is 2. The first-order valence-electron chi connectivity index (χ1n) is 10.1. The molecule has 2 atom stereocenters. The summed E-state index contributed by atoms with van der Waals surface area (Å²) in [6.45, 7) is 3.72. The number of ether oxygens (including phenoxy) is 1. The molecule has 2 amide bonds. The molecular formula is C23H29N3O3. The number of amides is 2. The van der Waals surface area contributed by atoms with E-state index in [-0.39, 0.29) is 23.8 Å². The molecule has 1 aliphatic heterocycles. The SMILES string of the molecule is COc1ccccc1CNC(=O)[C@@H](C)N1CCC[C@@H](C(=O)Nc2ccccc2)C1. The van der Waals surface area contributed by atoms with Crippen LogP contribution in [0.3, 0.4) is 0 Å². The Bertz CT molecular complexity index is 825. The average molecular weight is 396 g/mol. The number of rotatable bonds is 7. The molecule has 1 heterocycles. The van der Waals surface area contributed by atoms with E-state index in [1.54, 1.807) is 7.11 Å². The van der Waals surface area contributed by atoms with Crippen molar-refractivity contribution < 1.29 is 14.3 Å². The van der Waals surface area contributed by atoms with Gasteiger partial charge in [0.1, 0.15) is 5.75 Å². The molecule has 0 unspecified atom stereocenters. The van der Waals surface area contributed by atoms with Gasteiger partial charge in [0.15, 0.2) is 0 Å². The van der Waals surface area contributed by atoms with Crippen LogP contribution in [0.5, 0.6) is 5.75 Å². The average Bonchev–Trinajstić information content (AvgIpc) is 2.77. The van der Waals surface area contributed by atoms with Crippen LogP contribution in [-0.2, 0) is 16.1 Å². The topological polar surface area (TPSA) is 70.7 Å². The summed E-state index contributed by atoms with van der Waals surface area (Å²) in [6, 6.07) is 16.8. The quantitative estimate of drug-likeness (QED) is 0.756. The number of benzene rings is 2. The molecule has 0 aromatic heterocycles. The van der Waals surface area contributed by atoms with Crippen LogP contribution in [0.1, 0.15) is 25.3 Å². The highest BCUT2D eigenvalue weighted by molar-refractivity contribution is 5.92. The monoisotopic (exact) mass is 395 g/mol. The molecule has 0 aliphatic carbocycles. The van der Waals surface area contributed by atoms with E-state index in [2.05, 4.69) is 15.5 Å². The van der Waals surface area contributed by atoms with Gasteiger partial charge in [-0.15, -0.1) is 0 Å². The van der Waals surface area contributed by atoms with E-state index in [0.29, 0.717) is 13.1 Å². The Balaban J connectivity index is 1.53. The summed E-state index contributed by atoms with van der Waals surface area (Å²) in [5, 5.41) is 5.97. The van der Waals surface area contributed by atoms with Crippen LogP contribution in [0.4, 0.5) is 5.69 Å². The molecule has 2 aromatic rings. The fraction of sp³-hybridized carbons (Fsp3) is 0.391. The number of hydrogen-bond donors (Lipinski definition) is 2. The number of carbonyl (C=O) groups excluding carboxylic acids is 2. The van der Waals surface area contributed by atoms with Crippen LogP contribution in [0.2, 0.25) is 0 Å². The number of nitrogens with one attached hydrogen (secondary N) is 2. The number of nitrogens with zero attached hydrogens (tertiary/aromatic N) is 1. The molecule has 0 radical (unpaired) electrons. The van der Waals surface area contributed by atoms with E-state index in [1.807, 2.05) is 61.5 Å². The van der Waals surface area contributed by atoms with Gasteiger partial charge >= 0.3 is 0 Å². The normalized spacial score (nSPS) is 17.9. The van der Waals surface area contributed by atoms with Crippen molar-refractivity contribution >= 4 is 17.5 Å². The molecule has 29 heavy (non-hydrogen) atoms. The van der Waals surface area contributed by atoms with Crippen molar-refractivity contribution in [2.45, 2.75) is 32.4 Å². The molecule has 3 rings (SSSR count). The number of piperidine rings is 1. The zero-order valence-corrected chi connectivity index (χ0v) is 17.1. The fourth-order valence-electron chi connectivity index (χ4n) is 3.68. The first-order chi connectivity index (χ1) is 14.1. The molecule has 0 bridgehead atoms. The van der Waals surface area contributed by atoms with E-state index < -0.39 is 0 Å². The highest BCUT2D eigenvalue weighted by atomic mass is 16.5. The van der Waals surface area contributed by atoms with Crippen LogP contribution < -0.4 is 15.4 Å². The Morgan fingerprint density at radius 3 is 2.62 bits per heavy atom. The third-order valence-corrected chi connectivity index (χ3v) is 5.44. The third-order valence-electron chi connectivity index (χ3n) is 5.44. The molecule has 1 fully saturated rings. The Kier molecular flexibility index (Phi) is 7.25. The molecular weight excluding hydrogens is 366 g/mol. The van der Waals surface area contributed by atoms with E-state index in [1.165, 1.54) is 0 Å². The van der Waals surface area contributed by atoms with E-state index in [4.69, 9.17) is 4.74 Å². The minimum Gasteiger partial charge on any atom is -0.496 e. The van der Waals surface area contributed by atoms with Gasteiger partial charge in [-0.05, 0) is 44.5 Å². The van der Waals surface area contributed by atoms with E-state index >= 15 is 0 Å². The van der Waals surface area contributed by atoms with Crippen molar-refractivity contribution in [1.82, 2.24) is 10.2 Å². The highest BCUT2D eigenvalue weighted by Crippen LogP contribution is 2.21. The lowest BCUT2D eigenvalue weighted by Gasteiger charge is -2.35. The Morgan fingerprint density at radius 2 is 1.86 bits per heavy atom. The summed E-state index contributed by atoms with van der Waals surface area (Å²) in [5.41, 5.74) is 1.74. The molecule has 2 N–H and O–H groups in total. The zero-order valence-electron chi connectivity index (χ0n) is 17.1. The van der Waals surface area contributed by atoms with E-state index in [9.17, 15) is 9.59 Å². The first-order valence-corrected chi connectivity index (χ1v) is 10.1. The lowest BCUT2D eigenvalue weighted by molar-refractivity contribution is -0.129. The summed E-state index contributed by atoms with van der Waals surface area (Å²) in [6.07, 6.45) is 1.74. The minimum absolute atomic E-state index is 0.0162. The second-order valence-electron chi connectivity index (χ2n) is 7.39. The summed E-state index contributed by atoms with van der Waals surface area (Å²) < 4.78 is 5.34. The Labute approximate surface area is 172 Å². The van der Waals surface area contributed by atoms with Crippen LogP contribution in [0.25, 0.3) is 0 Å². The first kappa shape index (κ1) is 20.9. The van der Waals surface area contributed by atoms with Gasteiger partial charge < -0.3 is 15.4 Å². The predicted octanol–water partition coefficient (Wildman–Crippen LogP) is 3.05. The smallest absolute Gasteiger partial charge is 0.237 e. The van der Waals surface area contributed by atoms with Crippen LogP contribution in [0, 0.1) is 5.92 Å².